The molecule has 0 fully saturated rings. The molecule has 0 aliphatic carbocycles. The fourth-order valence-electron chi connectivity index (χ4n) is 2.51. The maximum atomic E-state index is 13.0. The minimum atomic E-state index is -0.441. The molecule has 0 aliphatic rings. The Balaban J connectivity index is 1.41. The van der Waals surface area contributed by atoms with Gasteiger partial charge >= 0.3 is 6.01 Å². The van der Waals surface area contributed by atoms with Gasteiger partial charge in [0.15, 0.2) is 0 Å². The van der Waals surface area contributed by atoms with Crippen LogP contribution in [0.4, 0.5) is 10.4 Å². The van der Waals surface area contributed by atoms with E-state index >= 15 is 0 Å². The van der Waals surface area contributed by atoms with E-state index in [1.54, 1.807) is 42.5 Å². The van der Waals surface area contributed by atoms with Crippen molar-refractivity contribution in [3.63, 3.8) is 0 Å². The van der Waals surface area contributed by atoms with E-state index in [1.165, 1.54) is 30.3 Å². The molecule has 0 radical (unpaired) electrons. The van der Waals surface area contributed by atoms with E-state index in [-0.39, 0.29) is 23.5 Å². The van der Waals surface area contributed by atoms with Gasteiger partial charge in [-0.25, -0.2) is 4.39 Å². The molecular formula is C21H14FN3O4. The zero-order chi connectivity index (χ0) is 20.2. The van der Waals surface area contributed by atoms with Crippen LogP contribution in [0.15, 0.2) is 77.2 Å². The van der Waals surface area contributed by atoms with E-state index in [0.717, 1.165) is 0 Å². The van der Waals surface area contributed by atoms with E-state index < -0.39 is 5.91 Å². The second-order valence-corrected chi connectivity index (χ2v) is 6.00. The summed E-state index contributed by atoms with van der Waals surface area (Å²) >= 11 is 0. The minimum absolute atomic E-state index is 0.0746. The van der Waals surface area contributed by atoms with Gasteiger partial charge in [-0.05, 0) is 60.7 Å². The molecule has 0 aliphatic heterocycles. The smallest absolute Gasteiger partial charge is 0.322 e. The summed E-state index contributed by atoms with van der Waals surface area (Å²) in [6.07, 6.45) is 0. The lowest BCUT2D eigenvalue weighted by Gasteiger charge is -2.07. The van der Waals surface area contributed by atoms with E-state index in [2.05, 4.69) is 15.5 Å². The molecule has 2 N–H and O–H groups in total. The van der Waals surface area contributed by atoms with Gasteiger partial charge in [0.05, 0.1) is 0 Å². The molecule has 0 saturated carbocycles. The van der Waals surface area contributed by atoms with Crippen molar-refractivity contribution >= 4 is 11.9 Å². The van der Waals surface area contributed by atoms with Gasteiger partial charge in [0.25, 0.3) is 5.91 Å². The van der Waals surface area contributed by atoms with E-state index in [1.807, 2.05) is 0 Å². The van der Waals surface area contributed by atoms with E-state index in [4.69, 9.17) is 9.15 Å². The van der Waals surface area contributed by atoms with Crippen LogP contribution in [0.5, 0.6) is 17.2 Å². The lowest BCUT2D eigenvalue weighted by molar-refractivity contribution is 0.102. The van der Waals surface area contributed by atoms with Crippen molar-refractivity contribution in [2.75, 3.05) is 5.32 Å². The first-order valence-electron chi connectivity index (χ1n) is 8.54. The highest BCUT2D eigenvalue weighted by Gasteiger charge is 2.13. The van der Waals surface area contributed by atoms with Gasteiger partial charge in [0.2, 0.25) is 5.89 Å². The van der Waals surface area contributed by atoms with Gasteiger partial charge in [0.1, 0.15) is 23.1 Å². The van der Waals surface area contributed by atoms with Crippen molar-refractivity contribution in [1.29, 1.82) is 0 Å². The second-order valence-electron chi connectivity index (χ2n) is 6.00. The van der Waals surface area contributed by atoms with Crippen molar-refractivity contribution < 1.29 is 23.4 Å². The number of hydrogen-bond acceptors (Lipinski definition) is 6. The fourth-order valence-corrected chi connectivity index (χ4v) is 2.51. The predicted octanol–water partition coefficient (Wildman–Crippen LogP) is 4.63. The number of benzene rings is 3. The average Bonchev–Trinajstić information content (AvgIpc) is 3.17. The number of halogens is 1. The number of phenolic OH excluding ortho intramolecular Hbond substituents is 1. The van der Waals surface area contributed by atoms with Gasteiger partial charge in [-0.3, -0.25) is 10.1 Å². The predicted molar refractivity (Wildman–Crippen MR) is 102 cm³/mol. The van der Waals surface area contributed by atoms with Gasteiger partial charge in [-0.15, -0.1) is 5.10 Å². The highest BCUT2D eigenvalue weighted by molar-refractivity contribution is 6.03. The van der Waals surface area contributed by atoms with Crippen LogP contribution in [-0.4, -0.2) is 21.2 Å². The molecule has 4 rings (SSSR count). The molecule has 1 aromatic heterocycles. The zero-order valence-electron chi connectivity index (χ0n) is 14.9. The highest BCUT2D eigenvalue weighted by Crippen LogP contribution is 2.25. The standard InChI is InChI=1S/C21H14FN3O4/c22-15-8-4-14(5-9-15)20-24-25-21(29-20)23-19(27)13-6-10-17(11-7-13)28-18-3-1-2-16(26)12-18/h1-12,26H,(H,23,25,27). The van der Waals surface area contributed by atoms with Crippen LogP contribution in [-0.2, 0) is 0 Å². The van der Waals surface area contributed by atoms with Gasteiger partial charge in [-0.2, -0.15) is 0 Å². The third-order valence-corrected chi connectivity index (χ3v) is 3.91. The Morgan fingerprint density at radius 1 is 0.966 bits per heavy atom. The number of anilines is 1. The number of carbonyl (C=O) groups excluding carboxylic acids is 1. The van der Waals surface area contributed by atoms with Crippen LogP contribution >= 0.6 is 0 Å². The quantitative estimate of drug-likeness (QED) is 0.515. The molecule has 7 nitrogen and oxygen atoms in total. The van der Waals surface area contributed by atoms with Crippen molar-refractivity contribution in [2.45, 2.75) is 0 Å². The number of aromatic nitrogens is 2. The van der Waals surface area contributed by atoms with Crippen LogP contribution in [0.2, 0.25) is 0 Å². The number of hydrogen-bond donors (Lipinski definition) is 2. The van der Waals surface area contributed by atoms with Crippen molar-refractivity contribution in [3.05, 3.63) is 84.2 Å². The highest BCUT2D eigenvalue weighted by atomic mass is 19.1. The average molecular weight is 391 g/mol. The molecule has 0 atom stereocenters. The second kappa shape index (κ2) is 7.81. The minimum Gasteiger partial charge on any atom is -0.508 e. The Labute approximate surface area is 164 Å². The maximum absolute atomic E-state index is 13.0. The Kier molecular flexibility index (Phi) is 4.90. The van der Waals surface area contributed by atoms with Crippen LogP contribution < -0.4 is 10.1 Å². The molecule has 1 amide bonds. The summed E-state index contributed by atoms with van der Waals surface area (Å²) in [6.45, 7) is 0. The third-order valence-electron chi connectivity index (χ3n) is 3.91. The molecule has 4 aromatic rings. The van der Waals surface area contributed by atoms with Gasteiger partial charge in [0, 0.05) is 17.2 Å². The first-order valence-corrected chi connectivity index (χ1v) is 8.54. The van der Waals surface area contributed by atoms with Gasteiger partial charge < -0.3 is 14.3 Å². The Hall–Kier alpha value is -4.20. The number of nitrogens with one attached hydrogen (secondary N) is 1. The molecule has 29 heavy (non-hydrogen) atoms. The number of nitrogens with zero attached hydrogens (tertiary/aromatic N) is 2. The summed E-state index contributed by atoms with van der Waals surface area (Å²) in [4.78, 5) is 12.4. The monoisotopic (exact) mass is 391 g/mol. The number of carbonyl (C=O) groups is 1. The summed E-state index contributed by atoms with van der Waals surface area (Å²) in [6, 6.07) is 18.3. The van der Waals surface area contributed by atoms with Crippen molar-refractivity contribution in [1.82, 2.24) is 10.2 Å². The third kappa shape index (κ3) is 4.38. The van der Waals surface area contributed by atoms with E-state index in [0.29, 0.717) is 22.6 Å². The molecule has 0 spiro atoms. The summed E-state index contributed by atoms with van der Waals surface area (Å²) in [7, 11) is 0. The molecule has 0 bridgehead atoms. The molecule has 8 heteroatoms. The Bertz CT molecular complexity index is 1140. The molecule has 144 valence electrons. The van der Waals surface area contributed by atoms with Crippen LogP contribution in [0, 0.1) is 5.82 Å². The fraction of sp³-hybridized carbons (Fsp3) is 0. The van der Waals surface area contributed by atoms with Crippen LogP contribution in [0.3, 0.4) is 0 Å². The first-order chi connectivity index (χ1) is 14.1. The van der Waals surface area contributed by atoms with Crippen molar-refractivity contribution in [2.24, 2.45) is 0 Å². The van der Waals surface area contributed by atoms with Gasteiger partial charge in [-0.1, -0.05) is 11.2 Å². The Morgan fingerprint density at radius 3 is 2.45 bits per heavy atom. The number of phenols is 1. The number of amides is 1. The molecule has 0 saturated heterocycles. The lowest BCUT2D eigenvalue weighted by atomic mass is 10.2. The summed E-state index contributed by atoms with van der Waals surface area (Å²) in [5.41, 5.74) is 0.891. The summed E-state index contributed by atoms with van der Waals surface area (Å²) in [5, 5.41) is 19.6. The topological polar surface area (TPSA) is 97.5 Å². The van der Waals surface area contributed by atoms with E-state index in [9.17, 15) is 14.3 Å². The lowest BCUT2D eigenvalue weighted by Crippen LogP contribution is -2.11. The summed E-state index contributed by atoms with van der Waals surface area (Å²) in [5.74, 6) is 0.416. The van der Waals surface area contributed by atoms with Crippen LogP contribution in [0.1, 0.15) is 10.4 Å². The number of aromatic hydroxyl groups is 1. The molecular weight excluding hydrogens is 377 g/mol. The van der Waals surface area contributed by atoms with Crippen LogP contribution in [0.25, 0.3) is 11.5 Å². The number of ether oxygens (including phenoxy) is 1. The largest absolute Gasteiger partial charge is 0.508 e. The summed E-state index contributed by atoms with van der Waals surface area (Å²) < 4.78 is 24.0. The first kappa shape index (κ1) is 18.2. The van der Waals surface area contributed by atoms with Crippen molar-refractivity contribution in [3.8, 4) is 28.7 Å². The Morgan fingerprint density at radius 2 is 1.72 bits per heavy atom. The normalized spacial score (nSPS) is 10.5. The SMILES string of the molecule is O=C(Nc1nnc(-c2ccc(F)cc2)o1)c1ccc(Oc2cccc(O)c2)cc1. The number of rotatable bonds is 5. The molecule has 3 aromatic carbocycles. The molecule has 1 heterocycles. The molecule has 0 unspecified atom stereocenters. The maximum Gasteiger partial charge on any atom is 0.322 e. The zero-order valence-corrected chi connectivity index (χ0v) is 14.9.